The zero-order chi connectivity index (χ0) is 25.2. The number of amides is 1. The molecular weight excluding hydrogens is 452 g/mol. The van der Waals surface area contributed by atoms with Crippen molar-refractivity contribution in [1.82, 2.24) is 29.5 Å². The molecule has 2 aliphatic rings. The fourth-order valence-corrected chi connectivity index (χ4v) is 5.22. The van der Waals surface area contributed by atoms with Gasteiger partial charge in [-0.3, -0.25) is 9.48 Å². The molecule has 0 radical (unpaired) electrons. The first-order valence-electron chi connectivity index (χ1n) is 12.8. The van der Waals surface area contributed by atoms with E-state index in [0.717, 1.165) is 66.8 Å². The van der Waals surface area contributed by atoms with Crippen molar-refractivity contribution in [3.63, 3.8) is 0 Å². The van der Waals surface area contributed by atoms with Crippen molar-refractivity contribution in [1.29, 1.82) is 0 Å². The molecule has 0 aliphatic carbocycles. The summed E-state index contributed by atoms with van der Waals surface area (Å²) in [6.45, 7) is 9.17. The van der Waals surface area contributed by atoms with Crippen molar-refractivity contribution in [3.8, 4) is 11.1 Å². The van der Waals surface area contributed by atoms with E-state index >= 15 is 0 Å². The molecule has 0 unspecified atom stereocenters. The van der Waals surface area contributed by atoms with Crippen LogP contribution in [-0.4, -0.2) is 94.9 Å². The molecule has 190 valence electrons. The van der Waals surface area contributed by atoms with Gasteiger partial charge in [0.15, 0.2) is 0 Å². The van der Waals surface area contributed by atoms with Gasteiger partial charge in [0.2, 0.25) is 11.9 Å². The van der Waals surface area contributed by atoms with Crippen LogP contribution in [0.5, 0.6) is 0 Å². The van der Waals surface area contributed by atoms with E-state index in [0.29, 0.717) is 25.7 Å². The molecule has 5 rings (SSSR count). The van der Waals surface area contributed by atoms with Crippen LogP contribution in [0.1, 0.15) is 17.8 Å². The summed E-state index contributed by atoms with van der Waals surface area (Å²) in [4.78, 5) is 31.2. The Bertz CT molecular complexity index is 1200. The molecule has 1 aromatic carbocycles. The summed E-state index contributed by atoms with van der Waals surface area (Å²) in [6, 6.07) is 11.0. The molecule has 0 N–H and O–H groups in total. The largest absolute Gasteiger partial charge is 0.367 e. The quantitative estimate of drug-likeness (QED) is 0.528. The van der Waals surface area contributed by atoms with Gasteiger partial charge < -0.3 is 19.6 Å². The maximum atomic E-state index is 12.9. The Hall–Kier alpha value is -3.46. The number of para-hydroxylation sites is 1. The molecule has 2 fully saturated rings. The zero-order valence-electron chi connectivity index (χ0n) is 21.8. The van der Waals surface area contributed by atoms with Gasteiger partial charge in [0.25, 0.3) is 0 Å². The second-order valence-corrected chi connectivity index (χ2v) is 10.1. The number of nitrogens with zero attached hydrogens (tertiary/aromatic N) is 8. The minimum Gasteiger partial charge on any atom is -0.367 e. The minimum absolute atomic E-state index is 0.122. The summed E-state index contributed by atoms with van der Waals surface area (Å²) in [6.07, 6.45) is 5.02. The lowest BCUT2D eigenvalue weighted by Gasteiger charge is -2.37. The molecule has 2 aliphatic heterocycles. The molecule has 36 heavy (non-hydrogen) atoms. The third-order valence-corrected chi connectivity index (χ3v) is 7.39. The summed E-state index contributed by atoms with van der Waals surface area (Å²) in [7, 11) is 4.26. The fraction of sp³-hybridized carbons (Fsp3) is 0.481. The molecule has 1 amide bonds. The lowest BCUT2D eigenvalue weighted by atomic mass is 10.1. The molecule has 9 nitrogen and oxygen atoms in total. The summed E-state index contributed by atoms with van der Waals surface area (Å²) in [5, 5.41) is 4.44. The first kappa shape index (κ1) is 24.2. The monoisotopic (exact) mass is 488 g/mol. The van der Waals surface area contributed by atoms with E-state index in [9.17, 15) is 4.79 Å². The highest BCUT2D eigenvalue weighted by atomic mass is 16.2. The number of aryl methyl sites for hydroxylation is 2. The predicted molar refractivity (Wildman–Crippen MR) is 142 cm³/mol. The third kappa shape index (κ3) is 5.06. The van der Waals surface area contributed by atoms with Gasteiger partial charge in [-0.05, 0) is 46.5 Å². The van der Waals surface area contributed by atoms with Crippen LogP contribution in [0.4, 0.5) is 11.6 Å². The van der Waals surface area contributed by atoms with Crippen molar-refractivity contribution in [2.45, 2.75) is 32.9 Å². The van der Waals surface area contributed by atoms with Crippen LogP contribution in [0.3, 0.4) is 0 Å². The first-order chi connectivity index (χ1) is 17.4. The van der Waals surface area contributed by atoms with E-state index in [1.165, 1.54) is 0 Å². The fourth-order valence-electron chi connectivity index (χ4n) is 5.22. The van der Waals surface area contributed by atoms with E-state index < -0.39 is 0 Å². The summed E-state index contributed by atoms with van der Waals surface area (Å²) in [5.74, 6) is 0.923. The smallest absolute Gasteiger partial charge is 0.244 e. The Balaban J connectivity index is 1.24. The van der Waals surface area contributed by atoms with Gasteiger partial charge >= 0.3 is 0 Å². The van der Waals surface area contributed by atoms with Crippen LogP contribution in [0, 0.1) is 13.8 Å². The Morgan fingerprint density at radius 1 is 1.00 bits per heavy atom. The Kier molecular flexibility index (Phi) is 6.91. The molecule has 2 aromatic heterocycles. The minimum atomic E-state index is 0.122. The van der Waals surface area contributed by atoms with E-state index in [-0.39, 0.29) is 5.91 Å². The van der Waals surface area contributed by atoms with Crippen LogP contribution in [0.25, 0.3) is 11.1 Å². The van der Waals surface area contributed by atoms with E-state index in [1.54, 1.807) is 4.68 Å². The number of piperazine rings is 1. The van der Waals surface area contributed by atoms with Crippen LogP contribution >= 0.6 is 0 Å². The summed E-state index contributed by atoms with van der Waals surface area (Å²) < 4.78 is 1.80. The SMILES string of the molecule is Cc1cc(C)n(CC(=O)N2CCN(c3ccccc3-c3cnc(N4CC[C@@H](N(C)C)C4)nc3)CC2)n1. The van der Waals surface area contributed by atoms with Crippen LogP contribution in [0.2, 0.25) is 0 Å². The van der Waals surface area contributed by atoms with Gasteiger partial charge in [0.05, 0.1) is 5.69 Å². The first-order valence-corrected chi connectivity index (χ1v) is 12.8. The van der Waals surface area contributed by atoms with Crippen LogP contribution < -0.4 is 9.80 Å². The number of rotatable bonds is 6. The highest BCUT2D eigenvalue weighted by molar-refractivity contribution is 5.79. The topological polar surface area (TPSA) is 73.6 Å². The Labute approximate surface area is 213 Å². The standard InChI is InChI=1S/C27H36N8O/c1-20-15-21(2)35(30-20)19-26(36)33-13-11-32(12-14-33)25-8-6-5-7-24(25)22-16-28-27(29-17-22)34-10-9-23(18-34)31(3)4/h5-8,15-17,23H,9-14,18-19H2,1-4H3/t23-/m1/s1. The number of carbonyl (C=O) groups excluding carboxylic acids is 1. The molecular formula is C27H36N8O. The lowest BCUT2D eigenvalue weighted by molar-refractivity contribution is -0.132. The molecule has 4 heterocycles. The summed E-state index contributed by atoms with van der Waals surface area (Å²) >= 11 is 0. The molecule has 0 bridgehead atoms. The maximum Gasteiger partial charge on any atom is 0.244 e. The molecule has 3 aromatic rings. The molecule has 0 spiro atoms. The van der Waals surface area contributed by atoms with Crippen LogP contribution in [-0.2, 0) is 11.3 Å². The maximum absolute atomic E-state index is 12.9. The number of likely N-dealkylation sites (N-methyl/N-ethyl adjacent to an activating group) is 1. The Morgan fingerprint density at radius 3 is 2.36 bits per heavy atom. The van der Waals surface area contributed by atoms with Gasteiger partial charge in [-0.25, -0.2) is 9.97 Å². The van der Waals surface area contributed by atoms with Crippen molar-refractivity contribution in [2.24, 2.45) is 0 Å². The third-order valence-electron chi connectivity index (χ3n) is 7.39. The van der Waals surface area contributed by atoms with Gasteiger partial charge in [-0.2, -0.15) is 5.10 Å². The Morgan fingerprint density at radius 2 is 1.72 bits per heavy atom. The van der Waals surface area contributed by atoms with Gasteiger partial charge in [0.1, 0.15) is 6.54 Å². The van der Waals surface area contributed by atoms with Crippen molar-refractivity contribution in [3.05, 3.63) is 54.1 Å². The van der Waals surface area contributed by atoms with E-state index in [1.807, 2.05) is 37.2 Å². The van der Waals surface area contributed by atoms with Crippen molar-refractivity contribution >= 4 is 17.5 Å². The highest BCUT2D eigenvalue weighted by Gasteiger charge is 2.26. The van der Waals surface area contributed by atoms with E-state index in [4.69, 9.17) is 9.97 Å². The number of hydrogen-bond donors (Lipinski definition) is 0. The number of aromatic nitrogens is 4. The van der Waals surface area contributed by atoms with Crippen molar-refractivity contribution in [2.75, 3.05) is 63.2 Å². The zero-order valence-corrected chi connectivity index (χ0v) is 21.8. The lowest BCUT2D eigenvalue weighted by Crippen LogP contribution is -2.49. The van der Waals surface area contributed by atoms with Crippen molar-refractivity contribution < 1.29 is 4.79 Å². The van der Waals surface area contributed by atoms with Gasteiger partial charge in [-0.1, -0.05) is 18.2 Å². The molecule has 9 heteroatoms. The second-order valence-electron chi connectivity index (χ2n) is 10.1. The molecule has 0 saturated carbocycles. The second kappa shape index (κ2) is 10.3. The summed E-state index contributed by atoms with van der Waals surface area (Å²) in [5.41, 5.74) is 5.26. The molecule has 2 saturated heterocycles. The van der Waals surface area contributed by atoms with E-state index in [2.05, 4.69) is 58.2 Å². The number of anilines is 2. The molecule has 1 atom stereocenters. The average Bonchev–Trinajstić information content (AvgIpc) is 3.51. The van der Waals surface area contributed by atoms with Gasteiger partial charge in [0, 0.05) is 80.2 Å². The van der Waals surface area contributed by atoms with Gasteiger partial charge in [-0.15, -0.1) is 0 Å². The number of carbonyl (C=O) groups is 1. The number of benzene rings is 1. The normalized spacial score (nSPS) is 18.4. The van der Waals surface area contributed by atoms with Crippen LogP contribution in [0.15, 0.2) is 42.7 Å². The number of hydrogen-bond acceptors (Lipinski definition) is 7. The average molecular weight is 489 g/mol. The predicted octanol–water partition coefficient (Wildman–Crippen LogP) is 2.45. The highest BCUT2D eigenvalue weighted by Crippen LogP contribution is 2.31.